The number of benzene rings is 1. The molecule has 0 unspecified atom stereocenters. The molecule has 0 saturated carbocycles. The zero-order valence-electron chi connectivity index (χ0n) is 16.6. The number of nitrogens with zero attached hydrogens (tertiary/aromatic N) is 3. The second-order valence-corrected chi connectivity index (χ2v) is 8.15. The van der Waals surface area contributed by atoms with Gasteiger partial charge in [-0.1, -0.05) is 35.5 Å². The van der Waals surface area contributed by atoms with Crippen LogP contribution in [0.2, 0.25) is 0 Å². The predicted octanol–water partition coefficient (Wildman–Crippen LogP) is 2.27. The highest BCUT2D eigenvalue weighted by Crippen LogP contribution is 2.28. The van der Waals surface area contributed by atoms with Gasteiger partial charge in [-0.2, -0.15) is 0 Å². The summed E-state index contributed by atoms with van der Waals surface area (Å²) in [4.78, 5) is 17.1. The van der Waals surface area contributed by atoms with Gasteiger partial charge < -0.3 is 19.6 Å². The Balaban J connectivity index is 1.37. The van der Waals surface area contributed by atoms with Gasteiger partial charge in [0.25, 0.3) is 0 Å². The van der Waals surface area contributed by atoms with Crippen LogP contribution in [0.25, 0.3) is 11.3 Å². The summed E-state index contributed by atoms with van der Waals surface area (Å²) in [6.07, 6.45) is 2.55. The van der Waals surface area contributed by atoms with Gasteiger partial charge in [0.2, 0.25) is 5.91 Å². The SMILES string of the molecule is CN1CCN(C(=O)C[C@H]2CCNC[C@@H]2Cc2cc(-c3ccccc3)on2)CC1. The lowest BCUT2D eigenvalue weighted by atomic mass is 9.81. The molecule has 3 heterocycles. The third kappa shape index (κ3) is 4.62. The molecule has 0 bridgehead atoms. The maximum absolute atomic E-state index is 12.8. The Bertz CT molecular complexity index is 768. The average Bonchev–Trinajstić information content (AvgIpc) is 3.19. The molecule has 2 atom stereocenters. The van der Waals surface area contributed by atoms with Gasteiger partial charge >= 0.3 is 0 Å². The lowest BCUT2D eigenvalue weighted by Gasteiger charge is -2.36. The third-order valence-corrected chi connectivity index (χ3v) is 6.15. The molecule has 150 valence electrons. The van der Waals surface area contributed by atoms with E-state index < -0.39 is 0 Å². The number of aromatic nitrogens is 1. The fourth-order valence-electron chi connectivity index (χ4n) is 4.31. The molecule has 0 radical (unpaired) electrons. The van der Waals surface area contributed by atoms with Crippen molar-refractivity contribution in [3.05, 3.63) is 42.1 Å². The zero-order valence-corrected chi connectivity index (χ0v) is 16.6. The fraction of sp³-hybridized carbons (Fsp3) is 0.545. The first-order valence-corrected chi connectivity index (χ1v) is 10.4. The number of rotatable bonds is 5. The Hall–Kier alpha value is -2.18. The molecule has 0 aliphatic carbocycles. The Kier molecular flexibility index (Phi) is 6.07. The highest BCUT2D eigenvalue weighted by Gasteiger charge is 2.30. The summed E-state index contributed by atoms with van der Waals surface area (Å²) in [5.41, 5.74) is 2.02. The second kappa shape index (κ2) is 8.88. The highest BCUT2D eigenvalue weighted by atomic mass is 16.5. The Morgan fingerprint density at radius 2 is 1.96 bits per heavy atom. The van der Waals surface area contributed by atoms with E-state index >= 15 is 0 Å². The number of hydrogen-bond donors (Lipinski definition) is 1. The minimum Gasteiger partial charge on any atom is -0.356 e. The van der Waals surface area contributed by atoms with Crippen LogP contribution in [0.15, 0.2) is 40.9 Å². The number of nitrogens with one attached hydrogen (secondary N) is 1. The first kappa shape index (κ1) is 19.2. The number of piperidine rings is 1. The number of amides is 1. The van der Waals surface area contributed by atoms with Gasteiger partial charge in [-0.15, -0.1) is 0 Å². The van der Waals surface area contributed by atoms with Crippen LogP contribution in [0, 0.1) is 11.8 Å². The van der Waals surface area contributed by atoms with Gasteiger partial charge in [-0.05, 0) is 44.8 Å². The normalized spacial score (nSPS) is 23.7. The van der Waals surface area contributed by atoms with Crippen molar-refractivity contribution in [1.29, 1.82) is 0 Å². The molecule has 2 saturated heterocycles. The lowest BCUT2D eigenvalue weighted by molar-refractivity contribution is -0.134. The van der Waals surface area contributed by atoms with Crippen LogP contribution >= 0.6 is 0 Å². The van der Waals surface area contributed by atoms with Gasteiger partial charge in [0, 0.05) is 44.2 Å². The van der Waals surface area contributed by atoms with Crippen molar-refractivity contribution in [2.24, 2.45) is 11.8 Å². The molecule has 2 aliphatic heterocycles. The van der Waals surface area contributed by atoms with Crippen molar-refractivity contribution >= 4 is 5.91 Å². The van der Waals surface area contributed by atoms with Gasteiger partial charge in [0.05, 0.1) is 5.69 Å². The Labute approximate surface area is 166 Å². The molecule has 1 amide bonds. The topological polar surface area (TPSA) is 61.6 Å². The van der Waals surface area contributed by atoms with E-state index in [0.717, 1.165) is 69.1 Å². The van der Waals surface area contributed by atoms with E-state index in [9.17, 15) is 4.79 Å². The summed E-state index contributed by atoms with van der Waals surface area (Å²) in [7, 11) is 2.12. The van der Waals surface area contributed by atoms with Crippen molar-refractivity contribution in [2.75, 3.05) is 46.3 Å². The molecule has 2 aliphatic rings. The van der Waals surface area contributed by atoms with Crippen molar-refractivity contribution in [1.82, 2.24) is 20.3 Å². The maximum atomic E-state index is 12.8. The molecular weight excluding hydrogens is 352 g/mol. The van der Waals surface area contributed by atoms with E-state index in [-0.39, 0.29) is 0 Å². The van der Waals surface area contributed by atoms with Crippen molar-refractivity contribution < 1.29 is 9.32 Å². The van der Waals surface area contributed by atoms with E-state index in [2.05, 4.69) is 22.4 Å². The van der Waals surface area contributed by atoms with Crippen molar-refractivity contribution in [3.8, 4) is 11.3 Å². The molecule has 1 N–H and O–H groups in total. The summed E-state index contributed by atoms with van der Waals surface area (Å²) in [6.45, 7) is 5.59. The zero-order chi connectivity index (χ0) is 19.3. The lowest BCUT2D eigenvalue weighted by Crippen LogP contribution is -2.48. The van der Waals surface area contributed by atoms with Gasteiger partial charge in [-0.3, -0.25) is 4.79 Å². The van der Waals surface area contributed by atoms with Gasteiger partial charge in [0.1, 0.15) is 0 Å². The van der Waals surface area contributed by atoms with Crippen LogP contribution in [0.5, 0.6) is 0 Å². The molecule has 2 aromatic rings. The number of carbonyl (C=O) groups excluding carboxylic acids is 1. The number of likely N-dealkylation sites (N-methyl/N-ethyl adjacent to an activating group) is 1. The average molecular weight is 383 g/mol. The summed E-state index contributed by atoms with van der Waals surface area (Å²) in [6, 6.07) is 12.1. The van der Waals surface area contributed by atoms with Gasteiger partial charge in [0.15, 0.2) is 5.76 Å². The molecule has 0 spiro atoms. The number of hydrogen-bond acceptors (Lipinski definition) is 5. The van der Waals surface area contributed by atoms with Crippen molar-refractivity contribution in [3.63, 3.8) is 0 Å². The molecular formula is C22H30N4O2. The Morgan fingerprint density at radius 3 is 2.75 bits per heavy atom. The van der Waals surface area contributed by atoms with Crippen LogP contribution in [-0.4, -0.2) is 67.2 Å². The maximum Gasteiger partial charge on any atom is 0.222 e. The summed E-state index contributed by atoms with van der Waals surface area (Å²) in [5, 5.41) is 7.79. The van der Waals surface area contributed by atoms with E-state index in [4.69, 9.17) is 4.52 Å². The smallest absolute Gasteiger partial charge is 0.222 e. The minimum atomic E-state index is 0.315. The van der Waals surface area contributed by atoms with Gasteiger partial charge in [-0.25, -0.2) is 0 Å². The molecule has 2 fully saturated rings. The molecule has 6 nitrogen and oxygen atoms in total. The molecule has 28 heavy (non-hydrogen) atoms. The van der Waals surface area contributed by atoms with Crippen LogP contribution < -0.4 is 5.32 Å². The monoisotopic (exact) mass is 382 g/mol. The second-order valence-electron chi connectivity index (χ2n) is 8.15. The van der Waals surface area contributed by atoms with E-state index in [1.54, 1.807) is 0 Å². The predicted molar refractivity (Wildman–Crippen MR) is 109 cm³/mol. The quantitative estimate of drug-likeness (QED) is 0.860. The van der Waals surface area contributed by atoms with Crippen LogP contribution in [0.4, 0.5) is 0 Å². The third-order valence-electron chi connectivity index (χ3n) is 6.15. The molecule has 1 aromatic carbocycles. The molecule has 1 aromatic heterocycles. The first-order valence-electron chi connectivity index (χ1n) is 10.4. The van der Waals surface area contributed by atoms with E-state index in [1.165, 1.54) is 0 Å². The van der Waals surface area contributed by atoms with E-state index in [1.807, 2.05) is 41.3 Å². The minimum absolute atomic E-state index is 0.315. The summed E-state index contributed by atoms with van der Waals surface area (Å²) in [5.74, 6) is 1.95. The van der Waals surface area contributed by atoms with Crippen LogP contribution in [0.1, 0.15) is 18.5 Å². The largest absolute Gasteiger partial charge is 0.356 e. The molecule has 4 rings (SSSR count). The number of carbonyl (C=O) groups is 1. The van der Waals surface area contributed by atoms with Crippen LogP contribution in [0.3, 0.4) is 0 Å². The molecule has 6 heteroatoms. The van der Waals surface area contributed by atoms with Crippen molar-refractivity contribution in [2.45, 2.75) is 19.3 Å². The van der Waals surface area contributed by atoms with Crippen LogP contribution in [-0.2, 0) is 11.2 Å². The first-order chi connectivity index (χ1) is 13.7. The standard InChI is InChI=1S/C22H30N4O2/c1-25-9-11-26(12-10-25)22(27)14-18-7-8-23-16-19(18)13-20-15-21(28-24-20)17-5-3-2-4-6-17/h2-6,15,18-19,23H,7-14,16H2,1H3/t18-,19+/m1/s1. The summed E-state index contributed by atoms with van der Waals surface area (Å²) >= 11 is 0. The number of piperazine rings is 1. The van der Waals surface area contributed by atoms with E-state index in [0.29, 0.717) is 24.2 Å². The fourth-order valence-corrected chi connectivity index (χ4v) is 4.31. The summed E-state index contributed by atoms with van der Waals surface area (Å²) < 4.78 is 5.56. The Morgan fingerprint density at radius 1 is 1.18 bits per heavy atom. The highest BCUT2D eigenvalue weighted by molar-refractivity contribution is 5.76.